The summed E-state index contributed by atoms with van der Waals surface area (Å²) in [7, 11) is 0. The Morgan fingerprint density at radius 2 is 2.16 bits per heavy atom. The van der Waals surface area contributed by atoms with Crippen molar-refractivity contribution in [3.63, 3.8) is 0 Å². The molecule has 0 saturated carbocycles. The van der Waals surface area contributed by atoms with E-state index in [1.54, 1.807) is 18.3 Å². The summed E-state index contributed by atoms with van der Waals surface area (Å²) in [6, 6.07) is 3.48. The lowest BCUT2D eigenvalue weighted by atomic mass is 10.1. The zero-order chi connectivity index (χ0) is 13.6. The summed E-state index contributed by atoms with van der Waals surface area (Å²) in [5.41, 5.74) is 6.22. The Kier molecular flexibility index (Phi) is 2.86. The summed E-state index contributed by atoms with van der Waals surface area (Å²) in [5.74, 6) is 0.265. The molecule has 1 fully saturated rings. The highest BCUT2D eigenvalue weighted by Crippen LogP contribution is 2.32. The second kappa shape index (κ2) is 4.42. The third-order valence-corrected chi connectivity index (χ3v) is 3.25. The van der Waals surface area contributed by atoms with Crippen molar-refractivity contribution in [1.29, 1.82) is 0 Å². The van der Waals surface area contributed by atoms with Crippen LogP contribution in [0.5, 0.6) is 0 Å². The van der Waals surface area contributed by atoms with Crippen LogP contribution in [0.3, 0.4) is 0 Å². The van der Waals surface area contributed by atoms with E-state index in [-0.39, 0.29) is 5.82 Å². The first-order chi connectivity index (χ1) is 9.13. The fourth-order valence-electron chi connectivity index (χ4n) is 2.26. The van der Waals surface area contributed by atoms with Crippen molar-refractivity contribution in [2.75, 3.05) is 12.3 Å². The number of ether oxygens (including phenoxy) is 1. The molecule has 3 heterocycles. The molecule has 19 heavy (non-hydrogen) atoms. The largest absolute Gasteiger partial charge is 0.394 e. The number of aliphatic hydroxyl groups excluding tert-OH is 3. The number of hydrogen-bond acceptors (Lipinski definition) is 7. The van der Waals surface area contributed by atoms with Gasteiger partial charge in [0.2, 0.25) is 0 Å². The third-order valence-electron chi connectivity index (χ3n) is 3.25. The van der Waals surface area contributed by atoms with E-state index in [2.05, 4.69) is 10.1 Å². The smallest absolute Gasteiger partial charge is 0.181 e. The molecule has 2 aromatic heterocycles. The number of nitrogen functional groups attached to an aromatic ring is 1. The van der Waals surface area contributed by atoms with Gasteiger partial charge in [-0.15, -0.1) is 0 Å². The summed E-state index contributed by atoms with van der Waals surface area (Å²) >= 11 is 0. The van der Waals surface area contributed by atoms with Crippen molar-refractivity contribution in [2.24, 2.45) is 0 Å². The zero-order valence-electron chi connectivity index (χ0n) is 9.92. The number of fused-ring (bicyclic) bond motifs is 1. The number of aliphatic hydroxyl groups is 3. The van der Waals surface area contributed by atoms with E-state index in [0.29, 0.717) is 11.0 Å². The number of rotatable bonds is 2. The van der Waals surface area contributed by atoms with Gasteiger partial charge in [-0.1, -0.05) is 0 Å². The van der Waals surface area contributed by atoms with Gasteiger partial charge in [-0.3, -0.25) is 0 Å². The molecule has 0 amide bonds. The molecule has 2 aromatic rings. The van der Waals surface area contributed by atoms with Gasteiger partial charge in [-0.25, -0.2) is 9.67 Å². The van der Waals surface area contributed by atoms with Gasteiger partial charge in [-0.05, 0) is 12.1 Å². The topological polar surface area (TPSA) is 127 Å². The van der Waals surface area contributed by atoms with E-state index in [9.17, 15) is 10.2 Å². The number of anilines is 1. The number of hydrogen-bond donors (Lipinski definition) is 4. The van der Waals surface area contributed by atoms with Gasteiger partial charge in [0, 0.05) is 6.20 Å². The van der Waals surface area contributed by atoms with Crippen molar-refractivity contribution >= 4 is 16.9 Å². The first kappa shape index (κ1) is 12.3. The molecule has 0 aromatic carbocycles. The molecule has 4 atom stereocenters. The molecule has 8 nitrogen and oxygen atoms in total. The van der Waals surface area contributed by atoms with Crippen LogP contribution in [0.1, 0.15) is 6.23 Å². The molecule has 1 saturated heterocycles. The van der Waals surface area contributed by atoms with Gasteiger partial charge in [0.1, 0.15) is 18.3 Å². The molecule has 0 spiro atoms. The minimum Gasteiger partial charge on any atom is -0.394 e. The quantitative estimate of drug-likeness (QED) is 0.528. The molecule has 0 aliphatic carbocycles. The summed E-state index contributed by atoms with van der Waals surface area (Å²) < 4.78 is 6.73. The second-order valence-electron chi connectivity index (χ2n) is 4.43. The van der Waals surface area contributed by atoms with Crippen LogP contribution in [0.2, 0.25) is 0 Å². The van der Waals surface area contributed by atoms with Crippen LogP contribution in [0.25, 0.3) is 11.0 Å². The molecular formula is C11H14N4O4. The van der Waals surface area contributed by atoms with Crippen molar-refractivity contribution in [1.82, 2.24) is 14.8 Å². The van der Waals surface area contributed by atoms with E-state index in [1.807, 2.05) is 0 Å². The van der Waals surface area contributed by atoms with Crippen molar-refractivity contribution in [2.45, 2.75) is 24.5 Å². The van der Waals surface area contributed by atoms with Crippen LogP contribution in [-0.2, 0) is 4.74 Å². The Bertz CT molecular complexity index is 601. The molecule has 102 valence electrons. The molecule has 3 rings (SSSR count). The van der Waals surface area contributed by atoms with E-state index >= 15 is 0 Å². The van der Waals surface area contributed by atoms with Crippen LogP contribution in [-0.4, -0.2) is 55.0 Å². The van der Waals surface area contributed by atoms with E-state index in [0.717, 1.165) is 0 Å². The first-order valence-corrected chi connectivity index (χ1v) is 5.84. The Balaban J connectivity index is 2.06. The molecule has 1 aliphatic rings. The van der Waals surface area contributed by atoms with Gasteiger partial charge < -0.3 is 25.8 Å². The lowest BCUT2D eigenvalue weighted by Crippen LogP contribution is -2.33. The number of nitrogens with zero attached hydrogens (tertiary/aromatic N) is 3. The van der Waals surface area contributed by atoms with Gasteiger partial charge >= 0.3 is 0 Å². The number of pyridine rings is 1. The summed E-state index contributed by atoms with van der Waals surface area (Å²) in [6.07, 6.45) is -2.60. The van der Waals surface area contributed by atoms with E-state index in [1.165, 1.54) is 4.68 Å². The fourth-order valence-corrected chi connectivity index (χ4v) is 2.26. The van der Waals surface area contributed by atoms with Crippen molar-refractivity contribution < 1.29 is 20.1 Å². The minimum atomic E-state index is -1.21. The van der Waals surface area contributed by atoms with E-state index in [4.69, 9.17) is 15.6 Å². The Morgan fingerprint density at radius 1 is 1.37 bits per heavy atom. The first-order valence-electron chi connectivity index (χ1n) is 5.84. The monoisotopic (exact) mass is 266 g/mol. The maximum absolute atomic E-state index is 9.97. The number of nitrogens with two attached hydrogens (primary N) is 1. The second-order valence-corrected chi connectivity index (χ2v) is 4.43. The van der Waals surface area contributed by atoms with E-state index < -0.39 is 31.1 Å². The lowest BCUT2D eigenvalue weighted by molar-refractivity contribution is -0.0565. The van der Waals surface area contributed by atoms with Crippen LogP contribution < -0.4 is 5.73 Å². The zero-order valence-corrected chi connectivity index (χ0v) is 9.92. The Hall–Kier alpha value is -1.74. The Morgan fingerprint density at radius 3 is 2.84 bits per heavy atom. The van der Waals surface area contributed by atoms with Gasteiger partial charge in [0.25, 0.3) is 0 Å². The fraction of sp³-hybridized carbons (Fsp3) is 0.455. The summed E-state index contributed by atoms with van der Waals surface area (Å²) in [5, 5.41) is 33.5. The molecule has 0 radical (unpaired) electrons. The van der Waals surface area contributed by atoms with Gasteiger partial charge in [0.05, 0.1) is 12.0 Å². The standard InChI is InChI=1S/C11H14N4O4/c12-9-5-2-1-3-13-10(5)15(14-9)11-8(18)7(17)6(4-16)19-11/h1-3,6-8,11,16-18H,4H2,(H2,12,14)/t6-,7+,8-,11-/m0/s1. The van der Waals surface area contributed by atoms with Crippen LogP contribution in [0.15, 0.2) is 18.3 Å². The minimum absolute atomic E-state index is 0.265. The maximum Gasteiger partial charge on any atom is 0.181 e. The SMILES string of the molecule is Nc1nn([C@H]2O[C@@H](CO)[C@@H](O)[C@@H]2O)c2ncccc12. The molecule has 1 aliphatic heterocycles. The Labute approximate surface area is 108 Å². The molecule has 0 unspecified atom stereocenters. The average Bonchev–Trinajstić information content (AvgIpc) is 2.90. The lowest BCUT2D eigenvalue weighted by Gasteiger charge is -2.15. The average molecular weight is 266 g/mol. The van der Waals surface area contributed by atoms with Crippen LogP contribution in [0.4, 0.5) is 5.82 Å². The predicted molar refractivity (Wildman–Crippen MR) is 64.9 cm³/mol. The highest BCUT2D eigenvalue weighted by molar-refractivity contribution is 5.86. The van der Waals surface area contributed by atoms with Gasteiger partial charge in [0.15, 0.2) is 17.7 Å². The predicted octanol–water partition coefficient (Wildman–Crippen LogP) is -1.37. The molecule has 0 bridgehead atoms. The van der Waals surface area contributed by atoms with Crippen molar-refractivity contribution in [3.05, 3.63) is 18.3 Å². The highest BCUT2D eigenvalue weighted by Gasteiger charge is 2.44. The number of aromatic nitrogens is 3. The molecular weight excluding hydrogens is 252 g/mol. The maximum atomic E-state index is 9.97. The highest BCUT2D eigenvalue weighted by atomic mass is 16.6. The normalized spacial score (nSPS) is 31.1. The molecule has 5 N–H and O–H groups in total. The summed E-state index contributed by atoms with van der Waals surface area (Å²) in [6.45, 7) is -0.392. The summed E-state index contributed by atoms with van der Waals surface area (Å²) in [4.78, 5) is 4.14. The molecule has 8 heteroatoms. The van der Waals surface area contributed by atoms with Gasteiger partial charge in [-0.2, -0.15) is 5.10 Å². The van der Waals surface area contributed by atoms with Crippen LogP contribution in [0, 0.1) is 0 Å². The van der Waals surface area contributed by atoms with Crippen LogP contribution >= 0.6 is 0 Å². The third kappa shape index (κ3) is 1.77. The van der Waals surface area contributed by atoms with Crippen molar-refractivity contribution in [3.8, 4) is 0 Å².